The first-order valence-corrected chi connectivity index (χ1v) is 18.9. The molecule has 0 unspecified atom stereocenters. The number of rotatable bonds is 28. The Morgan fingerprint density at radius 3 is 0.714 bits per heavy atom. The summed E-state index contributed by atoms with van der Waals surface area (Å²) in [6.07, 6.45) is 35.3. The van der Waals surface area contributed by atoms with E-state index < -0.39 is 10.0 Å². The van der Waals surface area contributed by atoms with E-state index in [1.807, 2.05) is 0 Å². The van der Waals surface area contributed by atoms with E-state index in [1.165, 1.54) is 154 Å². The zero-order chi connectivity index (χ0) is 26.0. The Balaban J connectivity index is 3.89. The van der Waals surface area contributed by atoms with E-state index >= 15 is 0 Å². The van der Waals surface area contributed by atoms with E-state index in [2.05, 4.69) is 41.5 Å². The van der Waals surface area contributed by atoms with Gasteiger partial charge in [-0.3, -0.25) is 0 Å². The zero-order valence-corrected chi connectivity index (χ0v) is 26.8. The van der Waals surface area contributed by atoms with Crippen molar-refractivity contribution in [2.24, 2.45) is 0 Å². The highest BCUT2D eigenvalue weighted by Crippen LogP contribution is 2.57. The van der Waals surface area contributed by atoms with Gasteiger partial charge in [-0.25, -0.2) is 10.0 Å². The van der Waals surface area contributed by atoms with E-state index in [-0.39, 0.29) is 0 Å². The SMILES string of the molecule is CCCCCCCCCCCCCCS(CCCCCCCCCCCCCC)(C(C)C)C(C)C. The van der Waals surface area contributed by atoms with E-state index in [0.717, 1.165) is 10.5 Å². The monoisotopic (exact) mass is 513 g/mol. The summed E-state index contributed by atoms with van der Waals surface area (Å²) in [4.78, 5) is 0. The average Bonchev–Trinajstić information content (AvgIpc) is 2.83. The Morgan fingerprint density at radius 2 is 0.514 bits per heavy atom. The van der Waals surface area contributed by atoms with Crippen molar-refractivity contribution in [2.75, 3.05) is 11.5 Å². The predicted octanol–water partition coefficient (Wildman–Crippen LogP) is 13.0. The minimum atomic E-state index is -0.455. The van der Waals surface area contributed by atoms with Crippen LogP contribution in [0.15, 0.2) is 0 Å². The van der Waals surface area contributed by atoms with Gasteiger partial charge in [0.05, 0.1) is 0 Å². The topological polar surface area (TPSA) is 0 Å². The molecule has 0 spiro atoms. The zero-order valence-electron chi connectivity index (χ0n) is 25.9. The van der Waals surface area contributed by atoms with Gasteiger partial charge in [-0.05, 0) is 34.8 Å². The molecule has 0 aromatic heterocycles. The lowest BCUT2D eigenvalue weighted by molar-refractivity contribution is 0.547. The molecule has 0 amide bonds. The second-order valence-electron chi connectivity index (χ2n) is 12.3. The maximum atomic E-state index is 2.55. The molecule has 0 aromatic rings. The van der Waals surface area contributed by atoms with Gasteiger partial charge in [0.15, 0.2) is 0 Å². The largest absolute Gasteiger partial charge is 0.236 e. The Labute approximate surface area is 227 Å². The summed E-state index contributed by atoms with van der Waals surface area (Å²) in [6, 6.07) is 0. The molecule has 0 saturated heterocycles. The summed E-state index contributed by atoms with van der Waals surface area (Å²) in [5.74, 6) is 3.11. The van der Waals surface area contributed by atoms with Crippen LogP contribution in [0.4, 0.5) is 0 Å². The van der Waals surface area contributed by atoms with E-state index in [9.17, 15) is 0 Å². The lowest BCUT2D eigenvalue weighted by atomic mass is 10.1. The van der Waals surface area contributed by atoms with Crippen molar-refractivity contribution in [3.8, 4) is 0 Å². The molecule has 0 aliphatic heterocycles. The van der Waals surface area contributed by atoms with Crippen LogP contribution in [-0.4, -0.2) is 22.0 Å². The lowest BCUT2D eigenvalue weighted by Crippen LogP contribution is -2.27. The van der Waals surface area contributed by atoms with Gasteiger partial charge in [0.25, 0.3) is 0 Å². The standard InChI is InChI=1S/C34H72S/c1-7-9-11-13-15-17-19-21-23-25-27-29-31-35(33(3)4,34(5)6)32-30-28-26-24-22-20-18-16-14-12-10-8-2/h33-34H,7-32H2,1-6H3. The van der Waals surface area contributed by atoms with Gasteiger partial charge in [-0.2, -0.15) is 0 Å². The van der Waals surface area contributed by atoms with Crippen LogP contribution in [0.3, 0.4) is 0 Å². The Bertz CT molecular complexity index is 361. The Hall–Kier alpha value is 0.350. The predicted molar refractivity (Wildman–Crippen MR) is 170 cm³/mol. The quantitative estimate of drug-likeness (QED) is 0.0914. The second kappa shape index (κ2) is 26.0. The highest BCUT2D eigenvalue weighted by molar-refractivity contribution is 8.34. The molecule has 0 aromatic carbocycles. The third-order valence-corrected chi connectivity index (χ3v) is 14.5. The first-order valence-electron chi connectivity index (χ1n) is 16.8. The van der Waals surface area contributed by atoms with E-state index in [1.54, 1.807) is 11.5 Å². The van der Waals surface area contributed by atoms with Crippen molar-refractivity contribution in [3.05, 3.63) is 0 Å². The normalized spacial score (nSPS) is 12.8. The van der Waals surface area contributed by atoms with Gasteiger partial charge in [0, 0.05) is 0 Å². The van der Waals surface area contributed by atoms with Crippen LogP contribution in [-0.2, 0) is 0 Å². The maximum Gasteiger partial charge on any atom is -0.0166 e. The van der Waals surface area contributed by atoms with Crippen molar-refractivity contribution >= 4 is 10.0 Å². The first kappa shape index (κ1) is 35.4. The highest BCUT2D eigenvalue weighted by atomic mass is 32.3. The Morgan fingerprint density at radius 1 is 0.314 bits per heavy atom. The van der Waals surface area contributed by atoms with Crippen LogP contribution in [0.5, 0.6) is 0 Å². The summed E-state index contributed by atoms with van der Waals surface area (Å²) in [5, 5.41) is 1.81. The molecule has 1 heteroatoms. The molecule has 0 aliphatic carbocycles. The fraction of sp³-hybridized carbons (Fsp3) is 1.00. The van der Waals surface area contributed by atoms with Crippen LogP contribution in [0, 0.1) is 0 Å². The molecule has 0 N–H and O–H groups in total. The molecular weight excluding hydrogens is 440 g/mol. The molecule has 0 saturated carbocycles. The van der Waals surface area contributed by atoms with Crippen molar-refractivity contribution in [1.29, 1.82) is 0 Å². The lowest BCUT2D eigenvalue weighted by Gasteiger charge is -2.48. The van der Waals surface area contributed by atoms with Gasteiger partial charge in [0.2, 0.25) is 0 Å². The second-order valence-corrected chi connectivity index (χ2v) is 17.0. The van der Waals surface area contributed by atoms with E-state index in [4.69, 9.17) is 0 Å². The molecule has 0 heterocycles. The van der Waals surface area contributed by atoms with Crippen LogP contribution in [0.2, 0.25) is 0 Å². The van der Waals surface area contributed by atoms with Gasteiger partial charge in [0.1, 0.15) is 0 Å². The average molecular weight is 513 g/mol. The van der Waals surface area contributed by atoms with Crippen molar-refractivity contribution < 1.29 is 0 Å². The number of hydrogen-bond acceptors (Lipinski definition) is 0. The molecule has 0 atom stereocenters. The van der Waals surface area contributed by atoms with Gasteiger partial charge in [-0.15, -0.1) is 0 Å². The van der Waals surface area contributed by atoms with Crippen LogP contribution >= 0.6 is 10.0 Å². The molecule has 0 fully saturated rings. The minimum Gasteiger partial charge on any atom is -0.236 e. The molecule has 214 valence electrons. The smallest absolute Gasteiger partial charge is 0.0166 e. The summed E-state index contributed by atoms with van der Waals surface area (Å²) in [5.41, 5.74) is 0. The van der Waals surface area contributed by atoms with Crippen LogP contribution in [0.1, 0.15) is 196 Å². The third kappa shape index (κ3) is 20.0. The fourth-order valence-electron chi connectivity index (χ4n) is 6.01. The molecular formula is C34H72S. The van der Waals surface area contributed by atoms with Crippen molar-refractivity contribution in [2.45, 2.75) is 206 Å². The molecule has 0 radical (unpaired) electrons. The Kier molecular flexibility index (Phi) is 26.2. The first-order chi connectivity index (χ1) is 17.0. The molecule has 0 nitrogen and oxygen atoms in total. The van der Waals surface area contributed by atoms with Crippen LogP contribution < -0.4 is 0 Å². The fourth-order valence-corrected chi connectivity index (χ4v) is 10.7. The number of unbranched alkanes of at least 4 members (excludes halogenated alkanes) is 22. The van der Waals surface area contributed by atoms with Gasteiger partial charge < -0.3 is 0 Å². The summed E-state index contributed by atoms with van der Waals surface area (Å²) in [6.45, 7) is 14.8. The van der Waals surface area contributed by atoms with E-state index in [0.29, 0.717) is 0 Å². The van der Waals surface area contributed by atoms with Gasteiger partial charge >= 0.3 is 0 Å². The summed E-state index contributed by atoms with van der Waals surface area (Å²) in [7, 11) is -0.455. The molecule has 35 heavy (non-hydrogen) atoms. The summed E-state index contributed by atoms with van der Waals surface area (Å²) < 4.78 is 0. The van der Waals surface area contributed by atoms with Gasteiger partial charge in [-0.1, -0.05) is 183 Å². The molecule has 0 aliphatic rings. The summed E-state index contributed by atoms with van der Waals surface area (Å²) >= 11 is 0. The highest BCUT2D eigenvalue weighted by Gasteiger charge is 2.30. The van der Waals surface area contributed by atoms with Crippen LogP contribution in [0.25, 0.3) is 0 Å². The molecule has 0 rings (SSSR count). The molecule has 0 bridgehead atoms. The van der Waals surface area contributed by atoms with Crippen molar-refractivity contribution in [1.82, 2.24) is 0 Å². The number of hydrogen-bond donors (Lipinski definition) is 0. The third-order valence-electron chi connectivity index (χ3n) is 8.63. The van der Waals surface area contributed by atoms with Crippen molar-refractivity contribution in [3.63, 3.8) is 0 Å². The minimum absolute atomic E-state index is 0.455. The maximum absolute atomic E-state index is 2.55.